The standard InChI is InChI=1S/C16H14O6S2.C15H27NO4S2.C13H23NO4S2.C6H12N2O4S2.C5H7F3NO2P/c17-23(18)13-5-1-11(2-6-13)12-3-7-14(8-4-12)24(19,20)22-16-10-9-15(16)21-23;1-5-11(14(17)19-3)8-21-22-9-13(15(18)20-4)16-12-7-6-10(12)2;1-3-9(12(15)16)6-19-20-7-11(13(17)18)14-10-5-4-8(10)2;7-3(5(9)10)1-13-14-2-4(8)6(11)12;6-5(7,8)4(11)9-1-3(10)2-12/h1-8,15-16H,9-10H2;10-13,16H,5-9H2,1-4H3;8-11,14H,3-7H2,1-2H3,(H,15,16)(H,17,18);3-4H,1-2,7-8H2,(H,9,10)(H,11,12);1-2,12H2,(H,9,11)/t;10?,11-,12?,13+;8?,9-,10?,11+;3-,4+;/m.00../s1/i;;;;2T. The second-order valence-corrected chi connectivity index (χ2v) is 32.0. The first-order chi connectivity index (χ1) is 43.5. The molecular weight excluding hydrogens is 1400 g/mol. The van der Waals surface area contributed by atoms with Crippen molar-refractivity contribution in [3.63, 3.8) is 0 Å². The van der Waals surface area contributed by atoms with E-state index in [0.717, 1.165) is 36.8 Å². The summed E-state index contributed by atoms with van der Waals surface area (Å²) in [6.07, 6.45) is -1.06. The quantitative estimate of drug-likeness (QED) is 0.0134. The predicted octanol–water partition coefficient (Wildman–Crippen LogP) is 6.43. The van der Waals surface area contributed by atoms with Crippen molar-refractivity contribution in [2.75, 3.05) is 61.4 Å². The van der Waals surface area contributed by atoms with E-state index < -0.39 is 105 Å². The van der Waals surface area contributed by atoms with Gasteiger partial charge >= 0.3 is 47.9 Å². The highest BCUT2D eigenvalue weighted by atomic mass is 33.1. The molecule has 0 saturated heterocycles. The number of carboxylic acid groups (broad SMARTS) is 4. The number of rotatable bonds is 30. The van der Waals surface area contributed by atoms with Crippen molar-refractivity contribution in [2.24, 2.45) is 35.1 Å². The van der Waals surface area contributed by atoms with Gasteiger partial charge in [-0.05, 0) is 98.6 Å². The molecule has 4 bridgehead atoms. The lowest BCUT2D eigenvalue weighted by Gasteiger charge is -2.36. The van der Waals surface area contributed by atoms with Crippen LogP contribution in [0.4, 0.5) is 13.2 Å². The fraction of sp³-hybridized carbons (Fsp3) is 0.636. The molecule has 3 heterocycles. The second kappa shape index (κ2) is 42.8. The number of aliphatic carboxylic acids is 4. The molecule has 8 rings (SSSR count). The zero-order chi connectivity index (χ0) is 70.4. The molecule has 92 heavy (non-hydrogen) atoms. The van der Waals surface area contributed by atoms with Crippen LogP contribution in [0.3, 0.4) is 0 Å². The van der Waals surface area contributed by atoms with Gasteiger partial charge in [0.25, 0.3) is 20.2 Å². The lowest BCUT2D eigenvalue weighted by atomic mass is 9.81. The lowest BCUT2D eigenvalue weighted by Crippen LogP contribution is -2.51. The summed E-state index contributed by atoms with van der Waals surface area (Å²) in [6.45, 7) is 7.36. The molecule has 14 atom stereocenters. The van der Waals surface area contributed by atoms with Crippen LogP contribution in [0.1, 0.15) is 80.4 Å². The van der Waals surface area contributed by atoms with Gasteiger partial charge in [-0.1, -0.05) is 117 Å². The highest BCUT2D eigenvalue weighted by Gasteiger charge is 2.41. The van der Waals surface area contributed by atoms with E-state index in [9.17, 15) is 73.5 Å². The fourth-order valence-corrected chi connectivity index (χ4v) is 17.4. The third kappa shape index (κ3) is 30.6. The molecule has 2 aromatic rings. The Morgan fingerprint density at radius 3 is 1.29 bits per heavy atom. The van der Waals surface area contributed by atoms with Crippen LogP contribution in [0, 0.1) is 23.7 Å². The van der Waals surface area contributed by atoms with E-state index in [0.29, 0.717) is 66.2 Å². The Morgan fingerprint density at radius 2 is 0.978 bits per heavy atom. The number of hydrogen-bond acceptors (Lipinski definition) is 26. The van der Waals surface area contributed by atoms with Gasteiger partial charge in [0, 0.05) is 54.1 Å². The molecular formula is C55H83F3N5O20PS8. The maximum Gasteiger partial charge on any atom is 0.471 e. The third-order valence-corrected chi connectivity index (χ3v) is 24.8. The Hall–Kier alpha value is -3.62. The maximum absolute atomic E-state index is 12.3. The monoisotopic (exact) mass is 1480 g/mol. The van der Waals surface area contributed by atoms with Gasteiger partial charge in [-0.3, -0.25) is 46.7 Å². The lowest BCUT2D eigenvalue weighted by molar-refractivity contribution is -0.173. The number of carboxylic acids is 4. The first kappa shape index (κ1) is 82.6. The van der Waals surface area contributed by atoms with Gasteiger partial charge in [-0.15, -0.1) is 9.24 Å². The van der Waals surface area contributed by atoms with Crippen molar-refractivity contribution < 1.29 is 108 Å². The molecule has 1 amide bonds. The van der Waals surface area contributed by atoms with Crippen molar-refractivity contribution in [1.29, 1.82) is 0 Å². The molecule has 3 aliphatic heterocycles. The molecule has 11 N–H and O–H groups in total. The van der Waals surface area contributed by atoms with Gasteiger partial charge in [0.1, 0.15) is 36.4 Å². The van der Waals surface area contributed by atoms with Crippen LogP contribution >= 0.6 is 74.0 Å². The number of esters is 2. The zero-order valence-electron chi connectivity index (χ0n) is 52.2. The Bertz CT molecular complexity index is 2850. The average molecular weight is 1480 g/mol. The number of fused-ring (bicyclic) bond motifs is 2. The van der Waals surface area contributed by atoms with E-state index in [4.69, 9.17) is 46.0 Å². The molecule has 0 radical (unpaired) electrons. The van der Waals surface area contributed by atoms with E-state index in [1.807, 2.05) is 13.8 Å². The van der Waals surface area contributed by atoms with E-state index in [2.05, 4.69) is 24.5 Å². The number of Topliss-reactive ketones (excluding diaryl/α,β-unsaturated/α-hetero) is 1. The van der Waals surface area contributed by atoms with Crippen LogP contribution in [0.5, 0.6) is 0 Å². The number of nitrogens with one attached hydrogen (secondary N) is 3. The number of carbonyl (C=O) groups excluding carboxylic acids is 4. The maximum atomic E-state index is 12.3. The van der Waals surface area contributed by atoms with Gasteiger partial charge in [0.05, 0.1) is 42.4 Å². The van der Waals surface area contributed by atoms with Crippen LogP contribution < -0.4 is 27.4 Å². The number of nitrogens with two attached hydrogens (primary N) is 2. The van der Waals surface area contributed by atoms with Gasteiger partial charge in [-0.25, -0.2) is 0 Å². The first-order valence-corrected chi connectivity index (χ1v) is 39.4. The topological polar surface area (TPSA) is 411 Å². The molecule has 3 aliphatic carbocycles. The fourth-order valence-electron chi connectivity index (χ4n) is 7.67. The second-order valence-electron chi connectivity index (χ2n) is 20.9. The molecule has 0 aromatic heterocycles. The Balaban J connectivity index is 0.000000404. The number of methoxy groups -OCH3 is 2. The van der Waals surface area contributed by atoms with Gasteiger partial charge in [0.2, 0.25) is 0 Å². The molecule has 8 unspecified atom stereocenters. The number of alkyl halides is 3. The molecule has 3 saturated carbocycles. The van der Waals surface area contributed by atoms with Gasteiger partial charge in [0.15, 0.2) is 5.78 Å². The van der Waals surface area contributed by atoms with E-state index >= 15 is 0 Å². The van der Waals surface area contributed by atoms with E-state index in [1.54, 1.807) is 55.1 Å². The minimum absolute atomic E-state index is 0.0356. The molecule has 6 aliphatic rings. The number of hydrogen-bond donors (Lipinski definition) is 9. The summed E-state index contributed by atoms with van der Waals surface area (Å²) in [5.74, 6) is -3.61. The first-order valence-electron chi connectivity index (χ1n) is 29.1. The van der Waals surface area contributed by atoms with Crippen molar-refractivity contribution in [1.82, 2.24) is 16.0 Å². The van der Waals surface area contributed by atoms with E-state index in [1.165, 1.54) is 93.4 Å². The number of amides is 1. The zero-order valence-corrected chi connectivity index (χ0v) is 58.9. The van der Waals surface area contributed by atoms with Crippen LogP contribution in [-0.4, -0.2) is 201 Å². The number of halogens is 3. The van der Waals surface area contributed by atoms with Crippen LogP contribution in [0.15, 0.2) is 58.3 Å². The summed E-state index contributed by atoms with van der Waals surface area (Å²) in [5.41, 5.74) is 12.0. The minimum atomic E-state index is -4.99. The molecule has 522 valence electrons. The predicted molar refractivity (Wildman–Crippen MR) is 355 cm³/mol. The van der Waals surface area contributed by atoms with Crippen molar-refractivity contribution in [2.45, 2.75) is 143 Å². The number of ether oxygens (including phenoxy) is 2. The summed E-state index contributed by atoms with van der Waals surface area (Å²) in [7, 11) is 5.20. The Kier molecular flexibility index (Phi) is 38.5. The number of carbonyl (C=O) groups is 8. The molecule has 37 heteroatoms. The van der Waals surface area contributed by atoms with Crippen molar-refractivity contribution >= 4 is 142 Å². The SMILES string of the molecule is CC[C@@H](CSSC[C@@H](NC1CCC1C)C(=O)O)C(=O)O.CC[C@@H](CSSC[C@@H](NC1CCC1C)C(=O)OC)C(=O)OC.N[C@H](CSSC[C@H](N)C(=O)O)C(=O)O.O=S1(=O)OC2CCC2OS(=O)(=O)c2ccc(cc2)-c2ccc1cc2.[3H]C(P)C(=O)CNC(=O)C(F)(F)F. The normalized spacial score (nSPS) is 22.2. The molecule has 2 aromatic carbocycles. The summed E-state index contributed by atoms with van der Waals surface area (Å²) >= 11 is 0. The van der Waals surface area contributed by atoms with E-state index in [-0.39, 0.29) is 51.1 Å². The van der Waals surface area contributed by atoms with Crippen LogP contribution in [0.25, 0.3) is 11.1 Å². The largest absolute Gasteiger partial charge is 0.481 e. The highest BCUT2D eigenvalue weighted by Crippen LogP contribution is 2.35. The summed E-state index contributed by atoms with van der Waals surface area (Å²) in [5, 5.41) is 42.9. The van der Waals surface area contributed by atoms with Gasteiger partial charge < -0.3 is 57.3 Å². The smallest absolute Gasteiger partial charge is 0.471 e. The highest BCUT2D eigenvalue weighted by molar-refractivity contribution is 8.77. The average Bonchev–Trinajstić information content (AvgIpc) is 0.788. The van der Waals surface area contributed by atoms with Crippen LogP contribution in [-0.2, 0) is 76.4 Å². The molecule has 0 spiro atoms. The van der Waals surface area contributed by atoms with Gasteiger partial charge in [-0.2, -0.15) is 30.0 Å². The third-order valence-electron chi connectivity index (χ3n) is 14.2. The number of benzene rings is 2. The summed E-state index contributed by atoms with van der Waals surface area (Å²) < 4.78 is 111. The van der Waals surface area contributed by atoms with Crippen molar-refractivity contribution in [3.05, 3.63) is 48.5 Å². The summed E-state index contributed by atoms with van der Waals surface area (Å²) in [6, 6.07) is 10.6. The summed E-state index contributed by atoms with van der Waals surface area (Å²) in [4.78, 5) is 86.8. The Labute approximate surface area is 561 Å². The number of ketones is 1. The Morgan fingerprint density at radius 1 is 0.598 bits per heavy atom. The van der Waals surface area contributed by atoms with Crippen molar-refractivity contribution in [3.8, 4) is 11.1 Å². The molecule has 25 nitrogen and oxygen atoms in total. The van der Waals surface area contributed by atoms with Crippen LogP contribution in [0.2, 0.25) is 0 Å². The minimum Gasteiger partial charge on any atom is -0.481 e. The molecule has 3 fully saturated rings.